The van der Waals surface area contributed by atoms with Crippen molar-refractivity contribution in [2.75, 3.05) is 0 Å². The van der Waals surface area contributed by atoms with Gasteiger partial charge in [0.2, 0.25) is 0 Å². The molecule has 0 fully saturated rings. The third-order valence-electron chi connectivity index (χ3n) is 6.74. The molecule has 0 atom stereocenters. The first-order valence-corrected chi connectivity index (χ1v) is 12.3. The van der Waals surface area contributed by atoms with E-state index in [2.05, 4.69) is 78.9 Å². The minimum atomic E-state index is 0.692. The normalized spacial score (nSPS) is 11.2. The second-order valence-electron chi connectivity index (χ2n) is 9.07. The highest BCUT2D eigenvalue weighted by Gasteiger charge is 2.15. The lowest BCUT2D eigenvalue weighted by Crippen LogP contribution is -1.93. The van der Waals surface area contributed by atoms with Crippen LogP contribution in [0.15, 0.2) is 138 Å². The van der Waals surface area contributed by atoms with Crippen LogP contribution in [0.25, 0.3) is 66.8 Å². The lowest BCUT2D eigenvalue weighted by Gasteiger charge is -2.11. The SMILES string of the molecule is c1ccc(-c2cc(-c3ccccc3)cc(-c3nccc(-c4cccc5oc6ccccc6c45)n3)c2)cc1. The van der Waals surface area contributed by atoms with Crippen LogP contribution in [0, 0.1) is 0 Å². The summed E-state index contributed by atoms with van der Waals surface area (Å²) in [6, 6.07) is 43.7. The predicted molar refractivity (Wildman–Crippen MR) is 151 cm³/mol. The van der Waals surface area contributed by atoms with Crippen LogP contribution in [-0.4, -0.2) is 9.97 Å². The van der Waals surface area contributed by atoms with Gasteiger partial charge < -0.3 is 4.42 Å². The van der Waals surface area contributed by atoms with E-state index in [1.54, 1.807) is 0 Å². The van der Waals surface area contributed by atoms with Crippen LogP contribution in [0.3, 0.4) is 0 Å². The maximum absolute atomic E-state index is 6.12. The lowest BCUT2D eigenvalue weighted by molar-refractivity contribution is 0.669. The van der Waals surface area contributed by atoms with Gasteiger partial charge in [0.05, 0.1) is 5.69 Å². The van der Waals surface area contributed by atoms with E-state index in [0.29, 0.717) is 5.82 Å². The van der Waals surface area contributed by atoms with Crippen molar-refractivity contribution in [2.45, 2.75) is 0 Å². The molecule has 37 heavy (non-hydrogen) atoms. The molecule has 174 valence electrons. The van der Waals surface area contributed by atoms with E-state index in [-0.39, 0.29) is 0 Å². The molecule has 0 N–H and O–H groups in total. The van der Waals surface area contributed by atoms with E-state index in [1.165, 1.54) is 0 Å². The molecule has 0 aliphatic carbocycles. The molecule has 2 heterocycles. The van der Waals surface area contributed by atoms with Crippen LogP contribution >= 0.6 is 0 Å². The number of hydrogen-bond donors (Lipinski definition) is 0. The van der Waals surface area contributed by atoms with Gasteiger partial charge in [-0.3, -0.25) is 0 Å². The van der Waals surface area contributed by atoms with Crippen LogP contribution < -0.4 is 0 Å². The standard InChI is InChI=1S/C34H22N2O/c1-3-10-23(11-4-1)25-20-26(24-12-5-2-6-13-24)22-27(21-25)34-35-19-18-30(36-34)28-15-9-17-32-33(28)29-14-7-8-16-31(29)37-32/h1-22H. The fourth-order valence-corrected chi connectivity index (χ4v) is 4.99. The van der Waals surface area contributed by atoms with Gasteiger partial charge in [-0.2, -0.15) is 0 Å². The molecule has 0 saturated heterocycles. The highest BCUT2D eigenvalue weighted by Crippen LogP contribution is 2.37. The largest absolute Gasteiger partial charge is 0.456 e. The fourth-order valence-electron chi connectivity index (χ4n) is 4.99. The second-order valence-corrected chi connectivity index (χ2v) is 9.07. The number of fused-ring (bicyclic) bond motifs is 3. The maximum atomic E-state index is 6.12. The molecule has 0 aliphatic heterocycles. The Morgan fingerprint density at radius 2 is 1.11 bits per heavy atom. The topological polar surface area (TPSA) is 38.9 Å². The molecule has 7 aromatic rings. The van der Waals surface area contributed by atoms with Gasteiger partial charge in [0, 0.05) is 28.1 Å². The summed E-state index contributed by atoms with van der Waals surface area (Å²) < 4.78 is 6.12. The van der Waals surface area contributed by atoms with E-state index in [4.69, 9.17) is 14.4 Å². The maximum Gasteiger partial charge on any atom is 0.159 e. The third kappa shape index (κ3) is 3.87. The minimum Gasteiger partial charge on any atom is -0.456 e. The van der Waals surface area contributed by atoms with E-state index < -0.39 is 0 Å². The summed E-state index contributed by atoms with van der Waals surface area (Å²) in [5.74, 6) is 0.692. The van der Waals surface area contributed by atoms with E-state index >= 15 is 0 Å². The number of benzene rings is 5. The third-order valence-corrected chi connectivity index (χ3v) is 6.74. The summed E-state index contributed by atoms with van der Waals surface area (Å²) in [5, 5.41) is 2.16. The number of hydrogen-bond acceptors (Lipinski definition) is 3. The van der Waals surface area contributed by atoms with Gasteiger partial charge in [0.15, 0.2) is 5.82 Å². The predicted octanol–water partition coefficient (Wildman–Crippen LogP) is 9.04. The van der Waals surface area contributed by atoms with Gasteiger partial charge in [-0.1, -0.05) is 91.0 Å². The number of para-hydroxylation sites is 1. The Kier molecular flexibility index (Phi) is 5.11. The average Bonchev–Trinajstić information content (AvgIpc) is 3.37. The van der Waals surface area contributed by atoms with Gasteiger partial charge in [0.1, 0.15) is 11.2 Å². The molecule has 0 spiro atoms. The van der Waals surface area contributed by atoms with Gasteiger partial charge in [0.25, 0.3) is 0 Å². The van der Waals surface area contributed by atoms with Gasteiger partial charge in [-0.15, -0.1) is 0 Å². The number of aromatic nitrogens is 2. The molecular formula is C34H22N2O. The molecule has 0 aliphatic rings. The zero-order valence-electron chi connectivity index (χ0n) is 20.0. The Balaban J connectivity index is 1.41. The van der Waals surface area contributed by atoms with Crippen molar-refractivity contribution in [3.8, 4) is 44.9 Å². The number of furan rings is 1. The summed E-state index contributed by atoms with van der Waals surface area (Å²) >= 11 is 0. The summed E-state index contributed by atoms with van der Waals surface area (Å²) in [7, 11) is 0. The molecule has 0 radical (unpaired) electrons. The Morgan fingerprint density at radius 3 is 1.84 bits per heavy atom. The molecule has 2 aromatic heterocycles. The van der Waals surface area contributed by atoms with Crippen molar-refractivity contribution in [1.82, 2.24) is 9.97 Å². The molecule has 7 rings (SSSR count). The van der Waals surface area contributed by atoms with Crippen LogP contribution in [0.1, 0.15) is 0 Å². The Bertz CT molecular complexity index is 1810. The zero-order valence-corrected chi connectivity index (χ0v) is 20.0. The highest BCUT2D eigenvalue weighted by atomic mass is 16.3. The Morgan fingerprint density at radius 1 is 0.486 bits per heavy atom. The van der Waals surface area contributed by atoms with E-state index in [1.807, 2.05) is 54.7 Å². The van der Waals surface area contributed by atoms with Crippen LogP contribution in [-0.2, 0) is 0 Å². The molecular weight excluding hydrogens is 452 g/mol. The summed E-state index contributed by atoms with van der Waals surface area (Å²) in [5.41, 5.74) is 9.20. The van der Waals surface area contributed by atoms with Gasteiger partial charge in [-0.05, 0) is 58.7 Å². The van der Waals surface area contributed by atoms with E-state index in [0.717, 1.165) is 61.0 Å². The molecule has 0 saturated carbocycles. The average molecular weight is 475 g/mol. The monoisotopic (exact) mass is 474 g/mol. The quantitative estimate of drug-likeness (QED) is 0.255. The zero-order chi connectivity index (χ0) is 24.6. The highest BCUT2D eigenvalue weighted by molar-refractivity contribution is 6.12. The van der Waals surface area contributed by atoms with Crippen molar-refractivity contribution in [2.24, 2.45) is 0 Å². The van der Waals surface area contributed by atoms with Crippen molar-refractivity contribution < 1.29 is 4.42 Å². The van der Waals surface area contributed by atoms with Crippen LogP contribution in [0.5, 0.6) is 0 Å². The molecule has 3 nitrogen and oxygen atoms in total. The first kappa shape index (κ1) is 21.3. The van der Waals surface area contributed by atoms with Gasteiger partial charge >= 0.3 is 0 Å². The molecule has 0 amide bonds. The van der Waals surface area contributed by atoms with Crippen molar-refractivity contribution in [3.63, 3.8) is 0 Å². The Labute approximate surface area is 214 Å². The van der Waals surface area contributed by atoms with Crippen LogP contribution in [0.4, 0.5) is 0 Å². The van der Waals surface area contributed by atoms with Crippen molar-refractivity contribution in [3.05, 3.63) is 134 Å². The van der Waals surface area contributed by atoms with E-state index in [9.17, 15) is 0 Å². The summed E-state index contributed by atoms with van der Waals surface area (Å²) in [6.45, 7) is 0. The Hall–Kier alpha value is -5.02. The van der Waals surface area contributed by atoms with Crippen LogP contribution in [0.2, 0.25) is 0 Å². The first-order valence-electron chi connectivity index (χ1n) is 12.3. The molecule has 3 heteroatoms. The second kappa shape index (κ2) is 8.89. The first-order chi connectivity index (χ1) is 18.3. The summed E-state index contributed by atoms with van der Waals surface area (Å²) in [6.07, 6.45) is 1.84. The van der Waals surface area contributed by atoms with Crippen molar-refractivity contribution in [1.29, 1.82) is 0 Å². The smallest absolute Gasteiger partial charge is 0.159 e. The lowest BCUT2D eigenvalue weighted by atomic mass is 9.95. The summed E-state index contributed by atoms with van der Waals surface area (Å²) in [4.78, 5) is 9.77. The number of nitrogens with zero attached hydrogens (tertiary/aromatic N) is 2. The van der Waals surface area contributed by atoms with Crippen molar-refractivity contribution >= 4 is 21.9 Å². The molecule has 0 bridgehead atoms. The van der Waals surface area contributed by atoms with Gasteiger partial charge in [-0.25, -0.2) is 9.97 Å². The number of rotatable bonds is 4. The fraction of sp³-hybridized carbons (Fsp3) is 0. The molecule has 0 unspecified atom stereocenters. The molecule has 5 aromatic carbocycles. The minimum absolute atomic E-state index is 0.692.